The zero-order chi connectivity index (χ0) is 12.3. The Balaban J connectivity index is 1.88. The molecular weight excluding hydrogens is 208 g/mol. The Morgan fingerprint density at radius 1 is 1.18 bits per heavy atom. The summed E-state index contributed by atoms with van der Waals surface area (Å²) in [7, 11) is 0. The fourth-order valence-corrected chi connectivity index (χ4v) is 3.79. The van der Waals surface area contributed by atoms with Crippen LogP contribution in [0.4, 0.5) is 0 Å². The van der Waals surface area contributed by atoms with Gasteiger partial charge in [0.05, 0.1) is 0 Å². The molecule has 1 saturated carbocycles. The van der Waals surface area contributed by atoms with Crippen LogP contribution in [-0.2, 0) is 0 Å². The third kappa shape index (κ3) is 3.23. The maximum Gasteiger partial charge on any atom is 0.00953 e. The summed E-state index contributed by atoms with van der Waals surface area (Å²) in [5, 5.41) is 0. The molecule has 2 aliphatic rings. The fraction of sp³-hybridized carbons (Fsp3) is 1.00. The van der Waals surface area contributed by atoms with E-state index in [0.29, 0.717) is 6.04 Å². The number of nitrogens with zero attached hydrogens (tertiary/aromatic N) is 1. The van der Waals surface area contributed by atoms with Gasteiger partial charge in [-0.3, -0.25) is 4.90 Å². The molecule has 3 atom stereocenters. The van der Waals surface area contributed by atoms with E-state index < -0.39 is 0 Å². The Bertz CT molecular complexity index is 223. The second-order valence-corrected chi connectivity index (χ2v) is 6.25. The first-order chi connectivity index (χ1) is 8.22. The second-order valence-electron chi connectivity index (χ2n) is 6.25. The Kier molecular flexibility index (Phi) is 4.87. The quantitative estimate of drug-likeness (QED) is 0.819. The molecule has 100 valence electrons. The molecule has 0 spiro atoms. The minimum absolute atomic E-state index is 0.454. The number of hydrogen-bond acceptors (Lipinski definition) is 2. The van der Waals surface area contributed by atoms with E-state index in [1.807, 2.05) is 0 Å². The van der Waals surface area contributed by atoms with E-state index in [0.717, 1.165) is 17.9 Å². The van der Waals surface area contributed by atoms with E-state index in [4.69, 9.17) is 5.73 Å². The lowest BCUT2D eigenvalue weighted by Gasteiger charge is -2.43. The van der Waals surface area contributed by atoms with Gasteiger partial charge < -0.3 is 5.73 Å². The van der Waals surface area contributed by atoms with Crippen molar-refractivity contribution in [1.29, 1.82) is 0 Å². The highest BCUT2D eigenvalue weighted by Crippen LogP contribution is 2.31. The molecule has 1 saturated heterocycles. The molecule has 0 aromatic heterocycles. The van der Waals surface area contributed by atoms with Gasteiger partial charge in [0.25, 0.3) is 0 Å². The average molecular weight is 238 g/mol. The Labute approximate surface area is 107 Å². The molecular formula is C15H30N2. The SMILES string of the molecule is CCC1CN(C(C)C2CCCCC2)CCC1N. The van der Waals surface area contributed by atoms with Crippen molar-refractivity contribution in [3.63, 3.8) is 0 Å². The van der Waals surface area contributed by atoms with Gasteiger partial charge in [-0.25, -0.2) is 0 Å². The van der Waals surface area contributed by atoms with Gasteiger partial charge in [0, 0.05) is 18.6 Å². The van der Waals surface area contributed by atoms with E-state index in [-0.39, 0.29) is 0 Å². The normalized spacial score (nSPS) is 34.8. The number of piperidine rings is 1. The van der Waals surface area contributed by atoms with Crippen molar-refractivity contribution in [3.05, 3.63) is 0 Å². The van der Waals surface area contributed by atoms with Crippen molar-refractivity contribution in [3.8, 4) is 0 Å². The minimum Gasteiger partial charge on any atom is -0.327 e. The first kappa shape index (κ1) is 13.4. The Morgan fingerprint density at radius 3 is 2.53 bits per heavy atom. The van der Waals surface area contributed by atoms with E-state index in [1.54, 1.807) is 0 Å². The van der Waals surface area contributed by atoms with E-state index in [2.05, 4.69) is 18.7 Å². The van der Waals surface area contributed by atoms with Gasteiger partial charge in [0.1, 0.15) is 0 Å². The number of likely N-dealkylation sites (tertiary alicyclic amines) is 1. The topological polar surface area (TPSA) is 29.3 Å². The molecule has 0 aromatic rings. The predicted molar refractivity (Wildman–Crippen MR) is 74.0 cm³/mol. The van der Waals surface area contributed by atoms with Crippen molar-refractivity contribution in [1.82, 2.24) is 4.90 Å². The lowest BCUT2D eigenvalue weighted by molar-refractivity contribution is 0.0714. The largest absolute Gasteiger partial charge is 0.327 e. The van der Waals surface area contributed by atoms with Crippen LogP contribution >= 0.6 is 0 Å². The van der Waals surface area contributed by atoms with Crippen LogP contribution in [0.15, 0.2) is 0 Å². The van der Waals surface area contributed by atoms with Crippen LogP contribution in [0.5, 0.6) is 0 Å². The molecule has 2 heteroatoms. The molecule has 2 fully saturated rings. The molecule has 1 aliphatic heterocycles. The van der Waals surface area contributed by atoms with E-state index >= 15 is 0 Å². The van der Waals surface area contributed by atoms with Crippen LogP contribution in [0.3, 0.4) is 0 Å². The van der Waals surface area contributed by atoms with E-state index in [1.165, 1.54) is 58.0 Å². The van der Waals surface area contributed by atoms with Crippen molar-refractivity contribution >= 4 is 0 Å². The van der Waals surface area contributed by atoms with Gasteiger partial charge >= 0.3 is 0 Å². The number of rotatable bonds is 3. The Hall–Kier alpha value is -0.0800. The van der Waals surface area contributed by atoms with Crippen molar-refractivity contribution < 1.29 is 0 Å². The summed E-state index contributed by atoms with van der Waals surface area (Å²) in [6, 6.07) is 1.24. The molecule has 0 bridgehead atoms. The molecule has 0 amide bonds. The Morgan fingerprint density at radius 2 is 1.88 bits per heavy atom. The summed E-state index contributed by atoms with van der Waals surface area (Å²) < 4.78 is 0. The van der Waals surface area contributed by atoms with Gasteiger partial charge in [0.15, 0.2) is 0 Å². The maximum atomic E-state index is 6.20. The smallest absolute Gasteiger partial charge is 0.00953 e. The molecule has 0 aromatic carbocycles. The molecule has 3 unspecified atom stereocenters. The first-order valence-electron chi connectivity index (χ1n) is 7.72. The van der Waals surface area contributed by atoms with E-state index in [9.17, 15) is 0 Å². The van der Waals surface area contributed by atoms with Crippen LogP contribution < -0.4 is 5.73 Å². The molecule has 2 nitrogen and oxygen atoms in total. The first-order valence-corrected chi connectivity index (χ1v) is 7.72. The molecule has 2 N–H and O–H groups in total. The van der Waals surface area contributed by atoms with Crippen molar-refractivity contribution in [2.45, 2.75) is 70.9 Å². The van der Waals surface area contributed by atoms with Crippen LogP contribution in [0, 0.1) is 11.8 Å². The van der Waals surface area contributed by atoms with Crippen molar-refractivity contribution in [2.24, 2.45) is 17.6 Å². The van der Waals surface area contributed by atoms with Gasteiger partial charge in [0.2, 0.25) is 0 Å². The molecule has 0 radical (unpaired) electrons. The molecule has 1 aliphatic carbocycles. The summed E-state index contributed by atoms with van der Waals surface area (Å²) in [6.45, 7) is 7.23. The molecule has 2 rings (SSSR count). The second kappa shape index (κ2) is 6.19. The van der Waals surface area contributed by atoms with Crippen LogP contribution in [0.2, 0.25) is 0 Å². The highest BCUT2D eigenvalue weighted by molar-refractivity contribution is 4.87. The summed E-state index contributed by atoms with van der Waals surface area (Å²) in [4.78, 5) is 2.73. The average Bonchev–Trinajstić information content (AvgIpc) is 2.39. The zero-order valence-corrected chi connectivity index (χ0v) is 11.7. The molecule has 17 heavy (non-hydrogen) atoms. The summed E-state index contributed by atoms with van der Waals surface area (Å²) in [5.41, 5.74) is 6.20. The number of nitrogens with two attached hydrogens (primary N) is 1. The standard InChI is InChI=1S/C15H30N2/c1-3-13-11-17(10-9-15(13)16)12(2)14-7-5-4-6-8-14/h12-15H,3-11,16H2,1-2H3. The van der Waals surface area contributed by atoms with Gasteiger partial charge in [-0.05, 0) is 44.6 Å². The van der Waals surface area contributed by atoms with Gasteiger partial charge in [-0.1, -0.05) is 32.6 Å². The van der Waals surface area contributed by atoms with Gasteiger partial charge in [-0.15, -0.1) is 0 Å². The molecule has 1 heterocycles. The maximum absolute atomic E-state index is 6.20. The van der Waals surface area contributed by atoms with Gasteiger partial charge in [-0.2, -0.15) is 0 Å². The number of hydrogen-bond donors (Lipinski definition) is 1. The lowest BCUT2D eigenvalue weighted by Crippen LogP contribution is -2.51. The van der Waals surface area contributed by atoms with Crippen LogP contribution in [-0.4, -0.2) is 30.1 Å². The highest BCUT2D eigenvalue weighted by Gasteiger charge is 2.31. The summed E-state index contributed by atoms with van der Waals surface area (Å²) in [5.74, 6) is 1.69. The fourth-order valence-electron chi connectivity index (χ4n) is 3.79. The zero-order valence-electron chi connectivity index (χ0n) is 11.7. The highest BCUT2D eigenvalue weighted by atomic mass is 15.2. The summed E-state index contributed by atoms with van der Waals surface area (Å²) in [6.07, 6.45) is 9.75. The summed E-state index contributed by atoms with van der Waals surface area (Å²) >= 11 is 0. The monoisotopic (exact) mass is 238 g/mol. The predicted octanol–water partition coefficient (Wildman–Crippen LogP) is 3.01. The van der Waals surface area contributed by atoms with Crippen LogP contribution in [0.1, 0.15) is 58.8 Å². The third-order valence-electron chi connectivity index (χ3n) is 5.26. The van der Waals surface area contributed by atoms with Crippen LogP contribution in [0.25, 0.3) is 0 Å². The third-order valence-corrected chi connectivity index (χ3v) is 5.26. The van der Waals surface area contributed by atoms with Crippen molar-refractivity contribution in [2.75, 3.05) is 13.1 Å². The minimum atomic E-state index is 0.454. The lowest BCUT2D eigenvalue weighted by atomic mass is 9.82.